The van der Waals surface area contributed by atoms with Crippen molar-refractivity contribution in [3.63, 3.8) is 0 Å². The van der Waals surface area contributed by atoms with Gasteiger partial charge in [0.25, 0.3) is 5.91 Å². The van der Waals surface area contributed by atoms with E-state index in [1.165, 1.54) is 0 Å². The zero-order chi connectivity index (χ0) is 20.8. The number of ether oxygens (including phenoxy) is 1. The van der Waals surface area contributed by atoms with E-state index in [-0.39, 0.29) is 17.8 Å². The first-order valence-corrected chi connectivity index (χ1v) is 10.9. The fourth-order valence-corrected chi connectivity index (χ4v) is 4.67. The maximum atomic E-state index is 12.7. The third kappa shape index (κ3) is 5.76. The SMILES string of the molecule is CC(C)CNC(=O)NC(=O)COC(=O)[C@@H]1CCCC[C@@H]1c1nc2ccccc2s1. The maximum Gasteiger partial charge on any atom is 0.321 e. The van der Waals surface area contributed by atoms with Crippen molar-refractivity contribution in [2.24, 2.45) is 11.8 Å². The molecular weight excluding hydrogens is 390 g/mol. The van der Waals surface area contributed by atoms with Gasteiger partial charge >= 0.3 is 12.0 Å². The van der Waals surface area contributed by atoms with E-state index < -0.39 is 24.5 Å². The van der Waals surface area contributed by atoms with E-state index in [4.69, 9.17) is 9.72 Å². The predicted molar refractivity (Wildman–Crippen MR) is 112 cm³/mol. The summed E-state index contributed by atoms with van der Waals surface area (Å²) in [5.74, 6) is -1.06. The number of benzene rings is 1. The molecule has 1 heterocycles. The highest BCUT2D eigenvalue weighted by Crippen LogP contribution is 2.41. The number of amides is 3. The Bertz CT molecular complexity index is 847. The Morgan fingerprint density at radius 1 is 1.21 bits per heavy atom. The summed E-state index contributed by atoms with van der Waals surface area (Å²) in [5.41, 5.74) is 0.942. The number of rotatable bonds is 6. The second kappa shape index (κ2) is 9.82. The highest BCUT2D eigenvalue weighted by atomic mass is 32.1. The highest BCUT2D eigenvalue weighted by molar-refractivity contribution is 7.18. The summed E-state index contributed by atoms with van der Waals surface area (Å²) in [5, 5.41) is 5.71. The first-order valence-electron chi connectivity index (χ1n) is 10.0. The normalized spacial score (nSPS) is 19.1. The highest BCUT2D eigenvalue weighted by Gasteiger charge is 2.35. The minimum absolute atomic E-state index is 0.00560. The number of carbonyl (C=O) groups is 3. The molecule has 3 rings (SSSR count). The number of aromatic nitrogens is 1. The molecule has 0 spiro atoms. The molecule has 156 valence electrons. The minimum Gasteiger partial charge on any atom is -0.455 e. The maximum absolute atomic E-state index is 12.7. The summed E-state index contributed by atoms with van der Waals surface area (Å²) in [7, 11) is 0. The number of esters is 1. The van der Waals surface area contributed by atoms with Crippen LogP contribution in [0.3, 0.4) is 0 Å². The van der Waals surface area contributed by atoms with Crippen molar-refractivity contribution in [3.8, 4) is 0 Å². The standard InChI is InChI=1S/C21H27N3O4S/c1-13(2)11-22-21(27)24-18(25)12-28-20(26)15-8-4-3-7-14(15)19-23-16-9-5-6-10-17(16)29-19/h5-6,9-10,13-15H,3-4,7-8,11-12H2,1-2H3,(H2,22,24,25,27)/t14-,15+/m0/s1. The van der Waals surface area contributed by atoms with Gasteiger partial charge in [0.15, 0.2) is 6.61 Å². The molecule has 0 aliphatic heterocycles. The van der Waals surface area contributed by atoms with Crippen LogP contribution in [0.25, 0.3) is 10.2 Å². The van der Waals surface area contributed by atoms with Gasteiger partial charge in [-0.25, -0.2) is 9.78 Å². The molecule has 2 aromatic rings. The van der Waals surface area contributed by atoms with Gasteiger partial charge in [-0.05, 0) is 30.9 Å². The van der Waals surface area contributed by atoms with Crippen LogP contribution in [0.5, 0.6) is 0 Å². The molecule has 0 bridgehead atoms. The number of urea groups is 1. The van der Waals surface area contributed by atoms with E-state index >= 15 is 0 Å². The number of hydrogen-bond acceptors (Lipinski definition) is 6. The topological polar surface area (TPSA) is 97.4 Å². The molecule has 1 aliphatic rings. The molecule has 0 radical (unpaired) electrons. The third-order valence-corrected chi connectivity index (χ3v) is 6.13. The Hall–Kier alpha value is -2.48. The van der Waals surface area contributed by atoms with E-state index in [9.17, 15) is 14.4 Å². The van der Waals surface area contributed by atoms with Crippen molar-refractivity contribution in [1.82, 2.24) is 15.6 Å². The van der Waals surface area contributed by atoms with Crippen LogP contribution in [0, 0.1) is 11.8 Å². The lowest BCUT2D eigenvalue weighted by Gasteiger charge is -2.28. The monoisotopic (exact) mass is 417 g/mol. The summed E-state index contributed by atoms with van der Waals surface area (Å²) in [6.45, 7) is 3.91. The second-order valence-corrected chi connectivity index (χ2v) is 8.84. The molecule has 0 saturated heterocycles. The Morgan fingerprint density at radius 2 is 1.97 bits per heavy atom. The second-order valence-electron chi connectivity index (χ2n) is 7.78. The predicted octanol–water partition coefficient (Wildman–Crippen LogP) is 3.60. The fourth-order valence-electron chi connectivity index (χ4n) is 3.50. The molecule has 1 aromatic carbocycles. The number of nitrogens with one attached hydrogen (secondary N) is 2. The van der Waals surface area contributed by atoms with Gasteiger partial charge in [-0.1, -0.05) is 38.8 Å². The zero-order valence-corrected chi connectivity index (χ0v) is 17.6. The van der Waals surface area contributed by atoms with Gasteiger partial charge in [-0.2, -0.15) is 0 Å². The lowest BCUT2D eigenvalue weighted by Crippen LogP contribution is -2.43. The number of hydrogen-bond donors (Lipinski definition) is 2. The van der Waals surface area contributed by atoms with Crippen molar-refractivity contribution >= 4 is 39.5 Å². The van der Waals surface area contributed by atoms with E-state index in [0.717, 1.165) is 40.9 Å². The smallest absolute Gasteiger partial charge is 0.321 e. The first-order chi connectivity index (χ1) is 13.9. The van der Waals surface area contributed by atoms with E-state index in [2.05, 4.69) is 10.6 Å². The molecule has 0 unspecified atom stereocenters. The Kier molecular flexibility index (Phi) is 7.19. The van der Waals surface area contributed by atoms with E-state index in [1.54, 1.807) is 11.3 Å². The molecule has 8 heteroatoms. The van der Waals surface area contributed by atoms with Gasteiger partial charge < -0.3 is 10.1 Å². The molecule has 1 aromatic heterocycles. The Morgan fingerprint density at radius 3 is 2.72 bits per heavy atom. The van der Waals surface area contributed by atoms with Crippen LogP contribution in [-0.4, -0.2) is 36.0 Å². The largest absolute Gasteiger partial charge is 0.455 e. The molecule has 29 heavy (non-hydrogen) atoms. The summed E-state index contributed by atoms with van der Waals surface area (Å²) in [6.07, 6.45) is 3.59. The van der Waals surface area contributed by atoms with Crippen LogP contribution in [0.2, 0.25) is 0 Å². The van der Waals surface area contributed by atoms with Gasteiger partial charge in [0.1, 0.15) is 0 Å². The number of nitrogens with zero attached hydrogens (tertiary/aromatic N) is 1. The average Bonchev–Trinajstić information content (AvgIpc) is 3.14. The molecule has 1 saturated carbocycles. The van der Waals surface area contributed by atoms with Gasteiger partial charge in [-0.15, -0.1) is 11.3 Å². The summed E-state index contributed by atoms with van der Waals surface area (Å²) in [4.78, 5) is 40.9. The van der Waals surface area contributed by atoms with Crippen molar-refractivity contribution in [1.29, 1.82) is 0 Å². The Balaban J connectivity index is 1.57. The van der Waals surface area contributed by atoms with Gasteiger partial charge in [0.2, 0.25) is 0 Å². The van der Waals surface area contributed by atoms with Crippen LogP contribution in [0.4, 0.5) is 4.79 Å². The summed E-state index contributed by atoms with van der Waals surface area (Å²) >= 11 is 1.61. The molecule has 1 fully saturated rings. The lowest BCUT2D eigenvalue weighted by atomic mass is 9.79. The molecule has 7 nitrogen and oxygen atoms in total. The number of carbonyl (C=O) groups excluding carboxylic acids is 3. The van der Waals surface area contributed by atoms with Crippen LogP contribution >= 0.6 is 11.3 Å². The molecule has 1 aliphatic carbocycles. The van der Waals surface area contributed by atoms with Gasteiger partial charge in [-0.3, -0.25) is 14.9 Å². The summed E-state index contributed by atoms with van der Waals surface area (Å²) < 4.78 is 6.35. The lowest BCUT2D eigenvalue weighted by molar-refractivity contribution is -0.154. The fraction of sp³-hybridized carbons (Fsp3) is 0.524. The minimum atomic E-state index is -0.632. The van der Waals surface area contributed by atoms with E-state index in [1.807, 2.05) is 38.1 Å². The number of fused-ring (bicyclic) bond motifs is 1. The number of imide groups is 1. The zero-order valence-electron chi connectivity index (χ0n) is 16.8. The van der Waals surface area contributed by atoms with Crippen LogP contribution < -0.4 is 10.6 Å². The van der Waals surface area contributed by atoms with Crippen LogP contribution in [-0.2, 0) is 14.3 Å². The number of para-hydroxylation sites is 1. The number of thiazole rings is 1. The van der Waals surface area contributed by atoms with E-state index in [0.29, 0.717) is 6.54 Å². The van der Waals surface area contributed by atoms with Gasteiger partial charge in [0.05, 0.1) is 21.1 Å². The molecule has 3 amide bonds. The van der Waals surface area contributed by atoms with Crippen molar-refractivity contribution < 1.29 is 19.1 Å². The first kappa shape index (κ1) is 21.2. The molecule has 2 atom stereocenters. The van der Waals surface area contributed by atoms with Crippen LogP contribution in [0.1, 0.15) is 50.5 Å². The third-order valence-electron chi connectivity index (χ3n) is 4.97. The quantitative estimate of drug-likeness (QED) is 0.700. The molecule has 2 N–H and O–H groups in total. The van der Waals surface area contributed by atoms with Crippen molar-refractivity contribution in [2.75, 3.05) is 13.2 Å². The average molecular weight is 418 g/mol. The Labute approximate surface area is 174 Å². The summed E-state index contributed by atoms with van der Waals surface area (Å²) in [6, 6.07) is 7.35. The van der Waals surface area contributed by atoms with Crippen LogP contribution in [0.15, 0.2) is 24.3 Å². The molecular formula is C21H27N3O4S. The van der Waals surface area contributed by atoms with Gasteiger partial charge in [0, 0.05) is 12.5 Å². The van der Waals surface area contributed by atoms with Crippen molar-refractivity contribution in [3.05, 3.63) is 29.3 Å². The van der Waals surface area contributed by atoms with Crippen molar-refractivity contribution in [2.45, 2.75) is 45.4 Å².